The van der Waals surface area contributed by atoms with Crippen LogP contribution >= 0.6 is 11.6 Å². The van der Waals surface area contributed by atoms with Crippen molar-refractivity contribution in [1.82, 2.24) is 5.32 Å². The van der Waals surface area contributed by atoms with Crippen LogP contribution in [0, 0.1) is 11.3 Å². The van der Waals surface area contributed by atoms with E-state index in [1.807, 2.05) is 31.2 Å². The van der Waals surface area contributed by atoms with Gasteiger partial charge in [-0.05, 0) is 37.6 Å². The fourth-order valence-corrected chi connectivity index (χ4v) is 1.72. The molecule has 0 amide bonds. The fraction of sp³-hybridized carbons (Fsp3) is 0.462. The summed E-state index contributed by atoms with van der Waals surface area (Å²) in [5.74, 6) is 0. The van der Waals surface area contributed by atoms with Crippen LogP contribution in [0.25, 0.3) is 0 Å². The quantitative estimate of drug-likeness (QED) is 0.763. The molecule has 4 heteroatoms. The van der Waals surface area contributed by atoms with Crippen LogP contribution in [-0.2, 0) is 6.42 Å². The smallest absolute Gasteiger partial charge is 0.107 e. The number of benzene rings is 1. The highest BCUT2D eigenvalue weighted by Crippen LogP contribution is 2.15. The van der Waals surface area contributed by atoms with Crippen LogP contribution in [0.4, 0.5) is 0 Å². The SMILES string of the molecule is CC(C#N)(Cc1ccc(Cl)cc1)NCCCO. The van der Waals surface area contributed by atoms with Crippen molar-refractivity contribution in [2.45, 2.75) is 25.3 Å². The van der Waals surface area contributed by atoms with Gasteiger partial charge in [-0.2, -0.15) is 5.26 Å². The van der Waals surface area contributed by atoms with E-state index in [0.29, 0.717) is 24.4 Å². The Kier molecular flexibility index (Phi) is 5.43. The van der Waals surface area contributed by atoms with Gasteiger partial charge in [0, 0.05) is 18.1 Å². The second-order valence-corrected chi connectivity index (χ2v) is 4.69. The van der Waals surface area contributed by atoms with E-state index in [9.17, 15) is 5.26 Å². The maximum atomic E-state index is 9.20. The Morgan fingerprint density at radius 1 is 1.41 bits per heavy atom. The van der Waals surface area contributed by atoms with E-state index >= 15 is 0 Å². The number of nitrogens with one attached hydrogen (secondary N) is 1. The summed E-state index contributed by atoms with van der Waals surface area (Å²) in [4.78, 5) is 0. The third kappa shape index (κ3) is 4.74. The predicted molar refractivity (Wildman–Crippen MR) is 68.9 cm³/mol. The standard InChI is InChI=1S/C13H17ClN2O/c1-13(10-15,16-7-2-8-17)9-11-3-5-12(14)6-4-11/h3-6,16-17H,2,7-9H2,1H3. The predicted octanol–water partition coefficient (Wildman–Crippen LogP) is 2.14. The minimum absolute atomic E-state index is 0.134. The first-order chi connectivity index (χ1) is 8.09. The summed E-state index contributed by atoms with van der Waals surface area (Å²) in [6.07, 6.45) is 1.27. The maximum absolute atomic E-state index is 9.20. The lowest BCUT2D eigenvalue weighted by Gasteiger charge is -2.23. The van der Waals surface area contributed by atoms with Crippen LogP contribution in [0.2, 0.25) is 5.02 Å². The van der Waals surface area contributed by atoms with E-state index in [1.54, 1.807) is 0 Å². The molecule has 0 radical (unpaired) electrons. The zero-order valence-corrected chi connectivity index (χ0v) is 10.7. The molecule has 0 saturated heterocycles. The Morgan fingerprint density at radius 2 is 2.06 bits per heavy atom. The van der Waals surface area contributed by atoms with E-state index in [4.69, 9.17) is 16.7 Å². The molecule has 0 saturated carbocycles. The number of hydrogen-bond acceptors (Lipinski definition) is 3. The third-order valence-electron chi connectivity index (χ3n) is 2.57. The monoisotopic (exact) mass is 252 g/mol. The first-order valence-electron chi connectivity index (χ1n) is 5.61. The Morgan fingerprint density at radius 3 is 2.59 bits per heavy atom. The molecule has 0 aliphatic heterocycles. The number of nitrogens with zero attached hydrogens (tertiary/aromatic N) is 1. The molecule has 3 nitrogen and oxygen atoms in total. The molecule has 0 aliphatic rings. The molecule has 1 rings (SSSR count). The molecular formula is C13H17ClN2O. The van der Waals surface area contributed by atoms with Gasteiger partial charge in [0.15, 0.2) is 0 Å². The number of nitriles is 1. The Bertz CT molecular complexity index is 385. The molecule has 1 unspecified atom stereocenters. The van der Waals surface area contributed by atoms with E-state index in [1.165, 1.54) is 0 Å². The van der Waals surface area contributed by atoms with Gasteiger partial charge in [0.2, 0.25) is 0 Å². The lowest BCUT2D eigenvalue weighted by Crippen LogP contribution is -2.43. The van der Waals surface area contributed by atoms with Gasteiger partial charge in [-0.3, -0.25) is 5.32 Å². The number of halogens is 1. The molecule has 0 spiro atoms. The van der Waals surface area contributed by atoms with Crippen molar-refractivity contribution < 1.29 is 5.11 Å². The minimum Gasteiger partial charge on any atom is -0.396 e. The van der Waals surface area contributed by atoms with Crippen LogP contribution in [-0.4, -0.2) is 23.8 Å². The highest BCUT2D eigenvalue weighted by atomic mass is 35.5. The van der Waals surface area contributed by atoms with Crippen molar-refractivity contribution in [3.63, 3.8) is 0 Å². The third-order valence-corrected chi connectivity index (χ3v) is 2.82. The molecule has 1 aromatic carbocycles. The van der Waals surface area contributed by atoms with Gasteiger partial charge in [0.1, 0.15) is 5.54 Å². The average Bonchev–Trinajstić information content (AvgIpc) is 2.33. The van der Waals surface area contributed by atoms with Gasteiger partial charge in [-0.1, -0.05) is 23.7 Å². The zero-order chi connectivity index (χ0) is 12.7. The summed E-state index contributed by atoms with van der Waals surface area (Å²) in [6.45, 7) is 2.63. The van der Waals surface area contributed by atoms with Gasteiger partial charge < -0.3 is 5.11 Å². The lowest BCUT2D eigenvalue weighted by atomic mass is 9.94. The molecule has 0 heterocycles. The van der Waals surface area contributed by atoms with Crippen molar-refractivity contribution in [2.24, 2.45) is 0 Å². The Labute approximate surface area is 107 Å². The fourth-order valence-electron chi connectivity index (χ4n) is 1.60. The average molecular weight is 253 g/mol. The molecule has 1 atom stereocenters. The van der Waals surface area contributed by atoms with E-state index in [-0.39, 0.29) is 6.61 Å². The van der Waals surface area contributed by atoms with Gasteiger partial charge in [-0.15, -0.1) is 0 Å². The molecule has 0 fully saturated rings. The molecular weight excluding hydrogens is 236 g/mol. The lowest BCUT2D eigenvalue weighted by molar-refractivity contribution is 0.279. The van der Waals surface area contributed by atoms with Crippen LogP contribution in [0.5, 0.6) is 0 Å². The van der Waals surface area contributed by atoms with Crippen molar-refractivity contribution in [1.29, 1.82) is 5.26 Å². The van der Waals surface area contributed by atoms with E-state index < -0.39 is 5.54 Å². The van der Waals surface area contributed by atoms with Gasteiger partial charge in [0.25, 0.3) is 0 Å². The summed E-state index contributed by atoms with van der Waals surface area (Å²) in [7, 11) is 0. The van der Waals surface area contributed by atoms with Crippen molar-refractivity contribution in [3.8, 4) is 6.07 Å². The summed E-state index contributed by atoms with van der Waals surface area (Å²) >= 11 is 5.81. The maximum Gasteiger partial charge on any atom is 0.107 e. The second kappa shape index (κ2) is 6.61. The molecule has 1 aromatic rings. The van der Waals surface area contributed by atoms with Crippen LogP contribution in [0.15, 0.2) is 24.3 Å². The normalized spacial score (nSPS) is 14.0. The zero-order valence-electron chi connectivity index (χ0n) is 9.91. The van der Waals surface area contributed by atoms with Crippen LogP contribution in [0.1, 0.15) is 18.9 Å². The summed E-state index contributed by atoms with van der Waals surface area (Å²) in [6, 6.07) is 9.76. The summed E-state index contributed by atoms with van der Waals surface area (Å²) < 4.78 is 0. The van der Waals surface area contributed by atoms with Gasteiger partial charge >= 0.3 is 0 Å². The topological polar surface area (TPSA) is 56.0 Å². The largest absolute Gasteiger partial charge is 0.396 e. The Hall–Kier alpha value is -1.08. The minimum atomic E-state index is -0.608. The molecule has 0 bridgehead atoms. The first kappa shape index (κ1) is 14.0. The molecule has 92 valence electrons. The van der Waals surface area contributed by atoms with Crippen molar-refractivity contribution in [3.05, 3.63) is 34.9 Å². The molecule has 2 N–H and O–H groups in total. The Balaban J connectivity index is 2.62. The van der Waals surface area contributed by atoms with Crippen LogP contribution in [0.3, 0.4) is 0 Å². The first-order valence-corrected chi connectivity index (χ1v) is 5.99. The van der Waals surface area contributed by atoms with Gasteiger partial charge in [-0.25, -0.2) is 0 Å². The number of hydrogen-bond donors (Lipinski definition) is 2. The highest BCUT2D eigenvalue weighted by molar-refractivity contribution is 6.30. The van der Waals surface area contributed by atoms with Gasteiger partial charge in [0.05, 0.1) is 6.07 Å². The number of aliphatic hydroxyl groups is 1. The van der Waals surface area contributed by atoms with Crippen molar-refractivity contribution >= 4 is 11.6 Å². The van der Waals surface area contributed by atoms with Crippen LogP contribution < -0.4 is 5.32 Å². The molecule has 0 aromatic heterocycles. The summed E-state index contributed by atoms with van der Waals surface area (Å²) in [5.41, 5.74) is 0.457. The number of rotatable bonds is 6. The highest BCUT2D eigenvalue weighted by Gasteiger charge is 2.22. The van der Waals surface area contributed by atoms with Crippen molar-refractivity contribution in [2.75, 3.05) is 13.2 Å². The molecule has 0 aliphatic carbocycles. The summed E-state index contributed by atoms with van der Waals surface area (Å²) in [5, 5.41) is 21.8. The number of aliphatic hydroxyl groups excluding tert-OH is 1. The van der Waals surface area contributed by atoms with E-state index in [0.717, 1.165) is 5.56 Å². The second-order valence-electron chi connectivity index (χ2n) is 4.25. The van der Waals surface area contributed by atoms with E-state index in [2.05, 4.69) is 11.4 Å². The molecule has 17 heavy (non-hydrogen) atoms.